The molecule has 0 aliphatic carbocycles. The van der Waals surface area contributed by atoms with Gasteiger partial charge >= 0.3 is 12.1 Å². The first-order chi connectivity index (χ1) is 20.4. The average Bonchev–Trinajstić information content (AvgIpc) is 3.36. The minimum Gasteiger partial charge on any atom is -0.478 e. The van der Waals surface area contributed by atoms with Crippen molar-refractivity contribution in [3.8, 4) is 0 Å². The van der Waals surface area contributed by atoms with Gasteiger partial charge in [0.1, 0.15) is 17.1 Å². The molecule has 3 aromatic heterocycles. The molecule has 1 atom stereocenters. The number of carboxylic acids is 1. The largest absolute Gasteiger partial charge is 0.478 e. The number of amides is 2. The highest BCUT2D eigenvalue weighted by Crippen LogP contribution is 2.27. The quantitative estimate of drug-likeness (QED) is 0.162. The van der Waals surface area contributed by atoms with Crippen LogP contribution in [0.5, 0.6) is 0 Å². The Labute approximate surface area is 249 Å². The first kappa shape index (κ1) is 34.8. The maximum absolute atomic E-state index is 13.3. The van der Waals surface area contributed by atoms with E-state index < -0.39 is 29.7 Å². The predicted octanol–water partition coefficient (Wildman–Crippen LogP) is 4.64. The summed E-state index contributed by atoms with van der Waals surface area (Å²) in [4.78, 5) is 44.9. The Morgan fingerprint density at radius 1 is 1.07 bits per heavy atom. The second-order valence-corrected chi connectivity index (χ2v) is 9.37. The van der Waals surface area contributed by atoms with Crippen LogP contribution in [0.3, 0.4) is 0 Å². The molecule has 3 heterocycles. The number of hydrogen-bond donors (Lipinski definition) is 3. The van der Waals surface area contributed by atoms with E-state index in [4.69, 9.17) is 5.11 Å². The fourth-order valence-electron chi connectivity index (χ4n) is 3.81. The third kappa shape index (κ3) is 9.85. The number of halogens is 3. The van der Waals surface area contributed by atoms with Crippen LogP contribution in [0.15, 0.2) is 66.0 Å². The van der Waals surface area contributed by atoms with Gasteiger partial charge in [-0.15, -0.1) is 0 Å². The normalized spacial score (nSPS) is 12.2. The Kier molecular flexibility index (Phi) is 13.2. The molecule has 1 unspecified atom stereocenters. The van der Waals surface area contributed by atoms with Gasteiger partial charge in [-0.3, -0.25) is 14.6 Å². The molecule has 0 aliphatic rings. The fourth-order valence-corrected chi connectivity index (χ4v) is 4.06. The number of aliphatic carboxylic acids is 1. The highest BCUT2D eigenvalue weighted by Gasteiger charge is 2.32. The van der Waals surface area contributed by atoms with Gasteiger partial charge in [0.15, 0.2) is 5.65 Å². The zero-order chi connectivity index (χ0) is 32.2. The summed E-state index contributed by atoms with van der Waals surface area (Å²) in [6, 6.07) is 3.41. The van der Waals surface area contributed by atoms with Gasteiger partial charge in [-0.1, -0.05) is 54.7 Å². The Bertz CT molecular complexity index is 1550. The van der Waals surface area contributed by atoms with Crippen molar-refractivity contribution < 1.29 is 32.7 Å². The van der Waals surface area contributed by atoms with E-state index in [2.05, 4.69) is 34.9 Å². The minimum atomic E-state index is -4.63. The van der Waals surface area contributed by atoms with Gasteiger partial charge in [-0.2, -0.15) is 18.3 Å². The summed E-state index contributed by atoms with van der Waals surface area (Å²) in [5, 5.41) is 19.0. The van der Waals surface area contributed by atoms with Crippen LogP contribution >= 0.6 is 9.24 Å². The van der Waals surface area contributed by atoms with Crippen LogP contribution in [0.4, 0.5) is 13.2 Å². The van der Waals surface area contributed by atoms with Crippen molar-refractivity contribution in [2.75, 3.05) is 6.54 Å². The molecule has 3 aromatic rings. The molecule has 0 spiro atoms. The number of pyridine rings is 1. The third-order valence-corrected chi connectivity index (χ3v) is 6.11. The second kappa shape index (κ2) is 16.3. The average molecular weight is 619 g/mol. The van der Waals surface area contributed by atoms with E-state index >= 15 is 0 Å². The first-order valence-electron chi connectivity index (χ1n) is 13.4. The minimum absolute atomic E-state index is 0.00457. The number of nitrogens with one attached hydrogen (secondary N) is 2. The number of aromatic nitrogens is 4. The van der Waals surface area contributed by atoms with Gasteiger partial charge in [0, 0.05) is 36.7 Å². The lowest BCUT2D eigenvalue weighted by Crippen LogP contribution is -2.30. The third-order valence-electron chi connectivity index (χ3n) is 5.70. The number of carbonyl (C=O) groups is 3. The molecule has 0 radical (unpaired) electrons. The second-order valence-electron chi connectivity index (χ2n) is 8.75. The number of carboxylic acid groups (broad SMARTS) is 1. The SMILES string of the molecule is CC.C\C=C/C(CNC(=O)c1cc(C(=O)NCc2ccnc(C(F)(F)F)c2)nc2c(P)cnn12)=C(\C=C\C(=O)O)CCC. The smallest absolute Gasteiger partial charge is 0.433 e. The Morgan fingerprint density at radius 3 is 2.42 bits per heavy atom. The standard InChI is InChI=1S/C27H28F3N6O4P.C2H6/c1-3-5-17(7-8-23(37)38)18(6-4-2)14-33-26(40)20-12-19(35-24-21(41)15-34-36(20)24)25(39)32-13-16-9-10-31-22(11-16)27(28,29)30;1-2/h4,6-12,15H,3,5,13-14,41H2,1-2H3,(H,32,39)(H,33,40)(H,37,38);1-2H3/b6-4-,8-7+,18-17+;. The van der Waals surface area contributed by atoms with Crippen LogP contribution in [0.1, 0.15) is 72.8 Å². The molecule has 3 rings (SSSR count). The van der Waals surface area contributed by atoms with Crippen LogP contribution < -0.4 is 15.9 Å². The zero-order valence-corrected chi connectivity index (χ0v) is 25.4. The van der Waals surface area contributed by atoms with Gasteiger partial charge in [-0.05, 0) is 42.2 Å². The molecule has 0 saturated carbocycles. The van der Waals surface area contributed by atoms with Crippen molar-refractivity contribution in [3.63, 3.8) is 0 Å². The van der Waals surface area contributed by atoms with Crippen molar-refractivity contribution >= 4 is 38.0 Å². The number of fused-ring (bicyclic) bond motifs is 1. The monoisotopic (exact) mass is 618 g/mol. The van der Waals surface area contributed by atoms with Crippen LogP contribution in [0.2, 0.25) is 0 Å². The number of carbonyl (C=O) groups excluding carboxylic acids is 2. The molecule has 14 heteroatoms. The molecule has 0 aliphatic heterocycles. The maximum atomic E-state index is 13.3. The maximum Gasteiger partial charge on any atom is 0.433 e. The summed E-state index contributed by atoms with van der Waals surface area (Å²) in [6.45, 7) is 7.58. The lowest BCUT2D eigenvalue weighted by Gasteiger charge is -2.13. The number of rotatable bonds is 11. The lowest BCUT2D eigenvalue weighted by atomic mass is 10.0. The van der Waals surface area contributed by atoms with E-state index in [0.717, 1.165) is 30.3 Å². The predicted molar refractivity (Wildman–Crippen MR) is 160 cm³/mol. The Morgan fingerprint density at radius 2 is 1.79 bits per heavy atom. The van der Waals surface area contributed by atoms with E-state index in [1.165, 1.54) is 28.9 Å². The molecule has 230 valence electrons. The van der Waals surface area contributed by atoms with Crippen molar-refractivity contribution in [2.24, 2.45) is 0 Å². The zero-order valence-electron chi connectivity index (χ0n) is 24.2. The summed E-state index contributed by atoms with van der Waals surface area (Å²) in [6.07, 6.45) is 5.23. The van der Waals surface area contributed by atoms with E-state index in [0.29, 0.717) is 17.3 Å². The van der Waals surface area contributed by atoms with E-state index in [9.17, 15) is 27.6 Å². The fraction of sp³-hybridized carbons (Fsp3) is 0.310. The Hall–Kier alpha value is -4.38. The van der Waals surface area contributed by atoms with Crippen molar-refractivity contribution in [1.82, 2.24) is 30.2 Å². The number of alkyl halides is 3. The summed E-state index contributed by atoms with van der Waals surface area (Å²) in [7, 11) is 2.41. The van der Waals surface area contributed by atoms with Crippen molar-refractivity contribution in [3.05, 3.63) is 88.7 Å². The number of allylic oxidation sites excluding steroid dienone is 3. The van der Waals surface area contributed by atoms with Crippen LogP contribution in [-0.4, -0.2) is 49.0 Å². The molecule has 2 amide bonds. The summed E-state index contributed by atoms with van der Waals surface area (Å²) in [5.41, 5.74) is 0.611. The van der Waals surface area contributed by atoms with Crippen LogP contribution in [0.25, 0.3) is 5.65 Å². The highest BCUT2D eigenvalue weighted by atomic mass is 31.0. The van der Waals surface area contributed by atoms with Gasteiger partial charge < -0.3 is 15.7 Å². The topological polar surface area (TPSA) is 139 Å². The molecule has 10 nitrogen and oxygen atoms in total. The lowest BCUT2D eigenvalue weighted by molar-refractivity contribution is -0.141. The van der Waals surface area contributed by atoms with Crippen molar-refractivity contribution in [2.45, 2.75) is 53.3 Å². The van der Waals surface area contributed by atoms with E-state index in [1.54, 1.807) is 19.1 Å². The van der Waals surface area contributed by atoms with Gasteiger partial charge in [-0.25, -0.2) is 14.3 Å². The Balaban J connectivity index is 0.00000316. The molecule has 3 N–H and O–H groups in total. The first-order valence-corrected chi connectivity index (χ1v) is 14.0. The van der Waals surface area contributed by atoms with Crippen LogP contribution in [-0.2, 0) is 17.5 Å². The molecule has 0 aromatic carbocycles. The van der Waals surface area contributed by atoms with Gasteiger partial charge in [0.2, 0.25) is 0 Å². The summed E-state index contributed by atoms with van der Waals surface area (Å²) in [5.74, 6) is -2.39. The molecule has 0 saturated heterocycles. The highest BCUT2D eigenvalue weighted by molar-refractivity contribution is 7.28. The van der Waals surface area contributed by atoms with E-state index in [1.807, 2.05) is 20.8 Å². The molecule has 0 bridgehead atoms. The summed E-state index contributed by atoms with van der Waals surface area (Å²) >= 11 is 0. The van der Waals surface area contributed by atoms with Crippen LogP contribution in [0, 0.1) is 0 Å². The van der Waals surface area contributed by atoms with Gasteiger partial charge in [0.25, 0.3) is 11.8 Å². The number of nitrogens with zero attached hydrogens (tertiary/aromatic N) is 4. The van der Waals surface area contributed by atoms with Crippen molar-refractivity contribution in [1.29, 1.82) is 0 Å². The molecular weight excluding hydrogens is 584 g/mol. The summed E-state index contributed by atoms with van der Waals surface area (Å²) < 4.78 is 40.2. The molecule has 0 fully saturated rings. The molecular formula is C29H34F3N6O4P. The van der Waals surface area contributed by atoms with Gasteiger partial charge in [0.05, 0.1) is 6.20 Å². The number of hydrogen-bond acceptors (Lipinski definition) is 6. The molecule has 43 heavy (non-hydrogen) atoms. The van der Waals surface area contributed by atoms with E-state index in [-0.39, 0.29) is 35.7 Å².